The Morgan fingerprint density at radius 1 is 1.17 bits per heavy atom. The number of aliphatic hydroxyl groups is 2. The zero-order valence-electron chi connectivity index (χ0n) is 16.4. The van der Waals surface area contributed by atoms with Crippen LogP contribution in [0, 0.1) is 6.92 Å². The van der Waals surface area contributed by atoms with Gasteiger partial charge in [-0.25, -0.2) is 13.2 Å². The van der Waals surface area contributed by atoms with Crippen LogP contribution in [-0.2, 0) is 28.8 Å². The Morgan fingerprint density at radius 3 is 2.28 bits per heavy atom. The number of ether oxygens (including phenoxy) is 3. The first-order chi connectivity index (χ1) is 13.8. The molecule has 1 heterocycles. The lowest BCUT2D eigenvalue weighted by Crippen LogP contribution is -2.41. The average Bonchev–Trinajstić information content (AvgIpc) is 3.05. The second-order valence-corrected chi connectivity index (χ2v) is 9.33. The van der Waals surface area contributed by atoms with Crippen molar-refractivity contribution in [2.24, 2.45) is 0 Å². The fourth-order valence-corrected chi connectivity index (χ4v) is 5.47. The normalized spacial score (nSPS) is 26.3. The highest BCUT2D eigenvalue weighted by Gasteiger charge is 2.51. The van der Waals surface area contributed by atoms with Gasteiger partial charge in [0.15, 0.2) is 15.6 Å². The predicted molar refractivity (Wildman–Crippen MR) is 103 cm³/mol. The summed E-state index contributed by atoms with van der Waals surface area (Å²) in [4.78, 5) is 12.7. The van der Waals surface area contributed by atoms with E-state index in [-0.39, 0.29) is 43.1 Å². The lowest BCUT2D eigenvalue weighted by atomic mass is 9.94. The van der Waals surface area contributed by atoms with Crippen LogP contribution in [0.25, 0.3) is 0 Å². The van der Waals surface area contributed by atoms with Crippen molar-refractivity contribution < 1.29 is 37.6 Å². The van der Waals surface area contributed by atoms with Crippen molar-refractivity contribution in [3.8, 4) is 0 Å². The molecule has 160 valence electrons. The molecule has 29 heavy (non-hydrogen) atoms. The van der Waals surface area contributed by atoms with Crippen LogP contribution in [0.15, 0.2) is 40.8 Å². The molecule has 1 aliphatic carbocycles. The van der Waals surface area contributed by atoms with Gasteiger partial charge in [0.05, 0.1) is 35.5 Å². The van der Waals surface area contributed by atoms with Crippen LogP contribution in [0.4, 0.5) is 0 Å². The Labute approximate surface area is 170 Å². The lowest BCUT2D eigenvalue weighted by Gasteiger charge is -2.33. The van der Waals surface area contributed by atoms with Crippen molar-refractivity contribution in [1.82, 2.24) is 0 Å². The highest BCUT2D eigenvalue weighted by Crippen LogP contribution is 2.42. The first kappa shape index (κ1) is 21.9. The summed E-state index contributed by atoms with van der Waals surface area (Å²) >= 11 is 0. The smallest absolute Gasteiger partial charge is 0.335 e. The molecule has 1 aromatic carbocycles. The second-order valence-electron chi connectivity index (χ2n) is 7.20. The van der Waals surface area contributed by atoms with Crippen molar-refractivity contribution in [2.45, 2.75) is 54.8 Å². The van der Waals surface area contributed by atoms with E-state index in [1.807, 2.05) is 6.92 Å². The minimum Gasteiger partial charge on any atom is -0.463 e. The predicted octanol–water partition coefficient (Wildman–Crippen LogP) is 0.886. The summed E-state index contributed by atoms with van der Waals surface area (Å²) in [5, 5.41) is 17.8. The van der Waals surface area contributed by atoms with Crippen LogP contribution in [-0.4, -0.2) is 67.7 Å². The number of hydrogen-bond donors (Lipinski definition) is 2. The van der Waals surface area contributed by atoms with E-state index in [4.69, 9.17) is 14.2 Å². The van der Waals surface area contributed by atoms with Crippen molar-refractivity contribution in [3.63, 3.8) is 0 Å². The second kappa shape index (κ2) is 8.53. The molecule has 2 aliphatic rings. The Hall–Kier alpha value is -1.78. The van der Waals surface area contributed by atoms with Gasteiger partial charge in [-0.05, 0) is 38.5 Å². The van der Waals surface area contributed by atoms with Gasteiger partial charge in [-0.1, -0.05) is 17.7 Å². The van der Waals surface area contributed by atoms with Crippen LogP contribution in [0.5, 0.6) is 0 Å². The van der Waals surface area contributed by atoms with E-state index < -0.39 is 39.1 Å². The number of hydrogen-bond acceptors (Lipinski definition) is 8. The average molecular weight is 426 g/mol. The number of benzene rings is 1. The Bertz CT molecular complexity index is 862. The van der Waals surface area contributed by atoms with Crippen molar-refractivity contribution in [2.75, 3.05) is 19.8 Å². The van der Waals surface area contributed by atoms with Crippen molar-refractivity contribution in [3.05, 3.63) is 41.5 Å². The fraction of sp³-hybridized carbons (Fsp3) is 0.550. The summed E-state index contributed by atoms with van der Waals surface area (Å²) in [6.07, 6.45) is 0.00821. The highest BCUT2D eigenvalue weighted by atomic mass is 32.2. The molecule has 0 saturated carbocycles. The summed E-state index contributed by atoms with van der Waals surface area (Å²) in [5.74, 6) is -2.14. The number of aryl methyl sites for hydroxylation is 1. The zero-order valence-corrected chi connectivity index (χ0v) is 17.2. The number of carbonyl (C=O) groups excluding carboxylic acids is 1. The molecule has 1 aliphatic heterocycles. The van der Waals surface area contributed by atoms with Crippen molar-refractivity contribution >= 4 is 15.8 Å². The van der Waals surface area contributed by atoms with Gasteiger partial charge >= 0.3 is 5.97 Å². The van der Waals surface area contributed by atoms with Crippen LogP contribution in [0.1, 0.15) is 25.3 Å². The first-order valence-corrected chi connectivity index (χ1v) is 11.1. The van der Waals surface area contributed by atoms with Gasteiger partial charge in [0.25, 0.3) is 0 Å². The third kappa shape index (κ3) is 4.24. The maximum absolute atomic E-state index is 13.3. The molecule has 3 rings (SSSR count). The molecule has 9 heteroatoms. The summed E-state index contributed by atoms with van der Waals surface area (Å²) in [6, 6.07) is 6.44. The van der Waals surface area contributed by atoms with Crippen molar-refractivity contribution in [1.29, 1.82) is 0 Å². The van der Waals surface area contributed by atoms with Crippen LogP contribution in [0.2, 0.25) is 0 Å². The minimum absolute atomic E-state index is 0.0612. The van der Waals surface area contributed by atoms with E-state index in [9.17, 15) is 23.4 Å². The van der Waals surface area contributed by atoms with E-state index in [1.165, 1.54) is 18.2 Å². The van der Waals surface area contributed by atoms with Crippen LogP contribution in [0.3, 0.4) is 0 Å². The molecule has 2 N–H and O–H groups in total. The van der Waals surface area contributed by atoms with Gasteiger partial charge in [-0.2, -0.15) is 0 Å². The Kier molecular flexibility index (Phi) is 6.45. The molecule has 1 spiro atoms. The van der Waals surface area contributed by atoms with E-state index in [1.54, 1.807) is 19.1 Å². The summed E-state index contributed by atoms with van der Waals surface area (Å²) < 4.78 is 43.1. The number of carbonyl (C=O) groups is 1. The number of rotatable bonds is 6. The van der Waals surface area contributed by atoms with Gasteiger partial charge in [-0.15, -0.1) is 0 Å². The molecular formula is C20H26O8S. The first-order valence-electron chi connectivity index (χ1n) is 9.54. The number of sulfone groups is 1. The molecule has 1 fully saturated rings. The Morgan fingerprint density at radius 2 is 1.76 bits per heavy atom. The lowest BCUT2D eigenvalue weighted by molar-refractivity contribution is -0.154. The third-order valence-corrected chi connectivity index (χ3v) is 7.36. The fourth-order valence-electron chi connectivity index (χ4n) is 3.70. The number of esters is 1. The number of aliphatic hydroxyl groups excluding tert-OH is 2. The van der Waals surface area contributed by atoms with E-state index in [0.717, 1.165) is 5.56 Å². The van der Waals surface area contributed by atoms with Gasteiger partial charge in [0.2, 0.25) is 0 Å². The molecule has 0 aromatic heterocycles. The van der Waals surface area contributed by atoms with Gasteiger partial charge in [0, 0.05) is 6.42 Å². The minimum atomic E-state index is -3.85. The summed E-state index contributed by atoms with van der Waals surface area (Å²) in [7, 11) is -3.85. The SMILES string of the molecule is CCOC(=O)C1=CC2(CC[C@H]1S(=O)(=O)c1ccc(C)cc1)O[C@H](CO)[C@@H](CO)O2. The molecule has 0 unspecified atom stereocenters. The summed E-state index contributed by atoms with van der Waals surface area (Å²) in [5.41, 5.74) is 0.861. The van der Waals surface area contributed by atoms with Crippen LogP contribution >= 0.6 is 0 Å². The molecule has 0 bridgehead atoms. The van der Waals surface area contributed by atoms with E-state index in [0.29, 0.717) is 0 Å². The van der Waals surface area contributed by atoms with E-state index in [2.05, 4.69) is 0 Å². The van der Waals surface area contributed by atoms with E-state index >= 15 is 0 Å². The molecule has 0 radical (unpaired) electrons. The molecule has 1 aromatic rings. The summed E-state index contributed by atoms with van der Waals surface area (Å²) in [6.45, 7) is 2.82. The molecular weight excluding hydrogens is 400 g/mol. The molecule has 1 saturated heterocycles. The Balaban J connectivity index is 2.01. The molecule has 0 amide bonds. The molecule has 3 atom stereocenters. The van der Waals surface area contributed by atoms with Crippen LogP contribution < -0.4 is 0 Å². The maximum Gasteiger partial charge on any atom is 0.335 e. The van der Waals surface area contributed by atoms with Gasteiger partial charge < -0.3 is 24.4 Å². The molecule has 8 nitrogen and oxygen atoms in total. The quantitative estimate of drug-likeness (QED) is 0.644. The monoisotopic (exact) mass is 426 g/mol. The standard InChI is InChI=1S/C20H26O8S/c1-3-26-19(23)15-10-20(27-16(11-21)17(12-22)28-20)9-8-18(15)29(24,25)14-6-4-13(2)5-7-14/h4-7,10,16-18,21-22H,3,8-9,11-12H2,1-2H3/t16-,17-,18-/m1/s1. The van der Waals surface area contributed by atoms with Gasteiger partial charge in [-0.3, -0.25) is 0 Å². The largest absolute Gasteiger partial charge is 0.463 e. The third-order valence-electron chi connectivity index (χ3n) is 5.19. The maximum atomic E-state index is 13.3. The zero-order chi connectivity index (χ0) is 21.2. The highest BCUT2D eigenvalue weighted by molar-refractivity contribution is 7.92. The van der Waals surface area contributed by atoms with Gasteiger partial charge in [0.1, 0.15) is 12.2 Å². The topological polar surface area (TPSA) is 119 Å².